The summed E-state index contributed by atoms with van der Waals surface area (Å²) in [7, 11) is 0. The maximum absolute atomic E-state index is 10.9. The van der Waals surface area contributed by atoms with Crippen LogP contribution in [-0.2, 0) is 4.79 Å². The predicted molar refractivity (Wildman–Crippen MR) is 63.9 cm³/mol. The molecule has 0 aromatic carbocycles. The van der Waals surface area contributed by atoms with Crippen molar-refractivity contribution in [2.45, 2.75) is 54.4 Å². The number of hydrogen-bond acceptors (Lipinski definition) is 1. The lowest BCUT2D eigenvalue weighted by molar-refractivity contribution is -0.132. The summed E-state index contributed by atoms with van der Waals surface area (Å²) in [6.45, 7) is 12.6. The Bertz CT molecular complexity index is 254. The van der Waals surface area contributed by atoms with Crippen molar-refractivity contribution in [3.05, 3.63) is 11.6 Å². The smallest absolute Gasteiger partial charge is 0.331 e. The SMILES string of the molecule is CC/C(=C\C(C)(C)CC(C)(C)C)C(=O)O. The molecule has 0 aliphatic rings. The highest BCUT2D eigenvalue weighted by Crippen LogP contribution is 2.35. The van der Waals surface area contributed by atoms with Gasteiger partial charge in [0.05, 0.1) is 0 Å². The summed E-state index contributed by atoms with van der Waals surface area (Å²) in [5, 5.41) is 8.97. The van der Waals surface area contributed by atoms with E-state index in [0.29, 0.717) is 12.0 Å². The molecule has 88 valence electrons. The maximum atomic E-state index is 10.9. The van der Waals surface area contributed by atoms with E-state index < -0.39 is 5.97 Å². The van der Waals surface area contributed by atoms with Crippen LogP contribution in [0.5, 0.6) is 0 Å². The van der Waals surface area contributed by atoms with Crippen LogP contribution in [0, 0.1) is 10.8 Å². The molecule has 0 rings (SSSR count). The van der Waals surface area contributed by atoms with Crippen molar-refractivity contribution in [2.24, 2.45) is 10.8 Å². The molecule has 0 aromatic rings. The van der Waals surface area contributed by atoms with Gasteiger partial charge in [0.1, 0.15) is 0 Å². The van der Waals surface area contributed by atoms with Gasteiger partial charge < -0.3 is 5.11 Å². The first-order chi connectivity index (χ1) is 6.57. The van der Waals surface area contributed by atoms with E-state index in [2.05, 4.69) is 34.6 Å². The van der Waals surface area contributed by atoms with E-state index in [9.17, 15) is 4.79 Å². The monoisotopic (exact) mass is 212 g/mol. The Labute approximate surface area is 93.4 Å². The summed E-state index contributed by atoms with van der Waals surface area (Å²) < 4.78 is 0. The summed E-state index contributed by atoms with van der Waals surface area (Å²) in [5.74, 6) is -0.792. The molecule has 0 saturated carbocycles. The van der Waals surface area contributed by atoms with E-state index in [0.717, 1.165) is 6.42 Å². The first-order valence-electron chi connectivity index (χ1n) is 5.52. The Kier molecular flexibility index (Phi) is 4.57. The van der Waals surface area contributed by atoms with E-state index in [-0.39, 0.29) is 10.8 Å². The van der Waals surface area contributed by atoms with Crippen molar-refractivity contribution < 1.29 is 9.90 Å². The van der Waals surface area contributed by atoms with Crippen LogP contribution >= 0.6 is 0 Å². The molecule has 0 saturated heterocycles. The molecule has 0 amide bonds. The Morgan fingerprint density at radius 1 is 1.20 bits per heavy atom. The van der Waals surface area contributed by atoms with Crippen LogP contribution in [0.25, 0.3) is 0 Å². The van der Waals surface area contributed by atoms with Crippen LogP contribution in [0.15, 0.2) is 11.6 Å². The summed E-state index contributed by atoms with van der Waals surface area (Å²) in [5.41, 5.74) is 0.684. The highest BCUT2D eigenvalue weighted by atomic mass is 16.4. The number of rotatable bonds is 4. The highest BCUT2D eigenvalue weighted by Gasteiger charge is 2.24. The van der Waals surface area contributed by atoms with E-state index in [4.69, 9.17) is 5.11 Å². The van der Waals surface area contributed by atoms with Gasteiger partial charge in [0.25, 0.3) is 0 Å². The lowest BCUT2D eigenvalue weighted by Crippen LogP contribution is -2.20. The summed E-state index contributed by atoms with van der Waals surface area (Å²) in [6, 6.07) is 0. The van der Waals surface area contributed by atoms with Crippen LogP contribution < -0.4 is 0 Å². The van der Waals surface area contributed by atoms with Crippen LogP contribution in [0.1, 0.15) is 54.4 Å². The topological polar surface area (TPSA) is 37.3 Å². The third kappa shape index (κ3) is 6.32. The average Bonchev–Trinajstić information content (AvgIpc) is 1.94. The normalized spacial score (nSPS) is 14.1. The van der Waals surface area contributed by atoms with Gasteiger partial charge in [-0.15, -0.1) is 0 Å². The molecule has 15 heavy (non-hydrogen) atoms. The molecular formula is C13H24O2. The first-order valence-corrected chi connectivity index (χ1v) is 5.52. The first kappa shape index (κ1) is 14.2. The van der Waals surface area contributed by atoms with Gasteiger partial charge in [-0.1, -0.05) is 47.6 Å². The second-order valence-corrected chi connectivity index (χ2v) is 6.05. The number of carboxylic acid groups (broad SMARTS) is 1. The molecular weight excluding hydrogens is 188 g/mol. The van der Waals surface area contributed by atoms with E-state index >= 15 is 0 Å². The Morgan fingerprint density at radius 3 is 1.93 bits per heavy atom. The second-order valence-electron chi connectivity index (χ2n) is 6.05. The molecule has 0 spiro atoms. The van der Waals surface area contributed by atoms with E-state index in [1.54, 1.807) is 0 Å². The van der Waals surface area contributed by atoms with Gasteiger partial charge in [-0.2, -0.15) is 0 Å². The molecule has 0 atom stereocenters. The van der Waals surface area contributed by atoms with Crippen molar-refractivity contribution >= 4 is 5.97 Å². The zero-order chi connectivity index (χ0) is 12.3. The molecule has 0 aliphatic heterocycles. The molecule has 0 bridgehead atoms. The number of allylic oxidation sites excluding steroid dienone is 1. The molecule has 0 radical (unpaired) electrons. The molecule has 2 heteroatoms. The fourth-order valence-corrected chi connectivity index (χ4v) is 2.20. The van der Waals surface area contributed by atoms with Gasteiger partial charge in [-0.05, 0) is 23.7 Å². The zero-order valence-corrected chi connectivity index (χ0v) is 10.8. The molecule has 2 nitrogen and oxygen atoms in total. The largest absolute Gasteiger partial charge is 0.478 e. The number of aliphatic carboxylic acids is 1. The van der Waals surface area contributed by atoms with Gasteiger partial charge in [0.2, 0.25) is 0 Å². The van der Waals surface area contributed by atoms with Crippen LogP contribution in [0.4, 0.5) is 0 Å². The lowest BCUT2D eigenvalue weighted by Gasteiger charge is -2.30. The number of carbonyl (C=O) groups is 1. The van der Waals surface area contributed by atoms with Crippen molar-refractivity contribution in [3.8, 4) is 0 Å². The van der Waals surface area contributed by atoms with Gasteiger partial charge >= 0.3 is 5.97 Å². The minimum absolute atomic E-state index is 0.0536. The van der Waals surface area contributed by atoms with Gasteiger partial charge in [-0.3, -0.25) is 0 Å². The highest BCUT2D eigenvalue weighted by molar-refractivity contribution is 5.86. The van der Waals surface area contributed by atoms with E-state index in [1.165, 1.54) is 0 Å². The molecule has 0 aliphatic carbocycles. The number of hydrogen-bond donors (Lipinski definition) is 1. The Balaban J connectivity index is 4.80. The third-order valence-corrected chi connectivity index (χ3v) is 2.21. The minimum atomic E-state index is -0.792. The maximum Gasteiger partial charge on any atom is 0.331 e. The van der Waals surface area contributed by atoms with Crippen molar-refractivity contribution in [2.75, 3.05) is 0 Å². The molecule has 0 unspecified atom stereocenters. The average molecular weight is 212 g/mol. The molecule has 0 fully saturated rings. The molecule has 0 heterocycles. The fourth-order valence-electron chi connectivity index (χ4n) is 2.20. The predicted octanol–water partition coefficient (Wildman–Crippen LogP) is 3.87. The minimum Gasteiger partial charge on any atom is -0.478 e. The van der Waals surface area contributed by atoms with Gasteiger partial charge in [0, 0.05) is 5.57 Å². The Hall–Kier alpha value is -0.790. The molecule has 1 N–H and O–H groups in total. The fraction of sp³-hybridized carbons (Fsp3) is 0.769. The third-order valence-electron chi connectivity index (χ3n) is 2.21. The van der Waals surface area contributed by atoms with Crippen molar-refractivity contribution in [3.63, 3.8) is 0 Å². The quantitative estimate of drug-likeness (QED) is 0.718. The molecule has 0 aromatic heterocycles. The van der Waals surface area contributed by atoms with Crippen LogP contribution in [-0.4, -0.2) is 11.1 Å². The summed E-state index contributed by atoms with van der Waals surface area (Å²) in [4.78, 5) is 10.9. The number of carboxylic acids is 1. The van der Waals surface area contributed by atoms with E-state index in [1.807, 2.05) is 13.0 Å². The van der Waals surface area contributed by atoms with Gasteiger partial charge in [0.15, 0.2) is 0 Å². The summed E-state index contributed by atoms with van der Waals surface area (Å²) in [6.07, 6.45) is 3.47. The van der Waals surface area contributed by atoms with Gasteiger partial charge in [-0.25, -0.2) is 4.79 Å². The second kappa shape index (κ2) is 4.82. The zero-order valence-electron chi connectivity index (χ0n) is 10.8. The Morgan fingerprint density at radius 2 is 1.67 bits per heavy atom. The van der Waals surface area contributed by atoms with Crippen LogP contribution in [0.2, 0.25) is 0 Å². The summed E-state index contributed by atoms with van der Waals surface area (Å²) >= 11 is 0. The lowest BCUT2D eigenvalue weighted by atomic mass is 9.75. The van der Waals surface area contributed by atoms with Crippen molar-refractivity contribution in [1.29, 1.82) is 0 Å². The van der Waals surface area contributed by atoms with Crippen LogP contribution in [0.3, 0.4) is 0 Å². The standard InChI is InChI=1S/C13H24O2/c1-7-10(11(14)15)8-13(5,6)9-12(2,3)4/h8H,7,9H2,1-6H3,(H,14,15)/b10-8+. The van der Waals surface area contributed by atoms with Crippen molar-refractivity contribution in [1.82, 2.24) is 0 Å².